The van der Waals surface area contributed by atoms with Gasteiger partial charge >= 0.3 is 0 Å². The minimum Gasteiger partial charge on any atom is -0.340 e. The van der Waals surface area contributed by atoms with Gasteiger partial charge in [-0.2, -0.15) is 0 Å². The van der Waals surface area contributed by atoms with Crippen LogP contribution in [-0.2, 0) is 9.59 Å². The molecule has 0 aromatic heterocycles. The molecule has 1 N–H and O–H groups in total. The normalized spacial score (nSPS) is 24.5. The quantitative estimate of drug-likeness (QED) is 0.908. The van der Waals surface area contributed by atoms with Crippen LogP contribution < -0.4 is 10.2 Å². The van der Waals surface area contributed by atoms with Crippen molar-refractivity contribution in [2.45, 2.75) is 57.5 Å². The number of carbonyl (C=O) groups excluding carboxylic acids is 2. The van der Waals surface area contributed by atoms with Gasteiger partial charge < -0.3 is 5.32 Å². The number of hydrogen-bond donors (Lipinski definition) is 1. The maximum atomic E-state index is 13.1. The Hall–Kier alpha value is -1.84. The summed E-state index contributed by atoms with van der Waals surface area (Å²) < 4.78 is 0. The fraction of sp³-hybridized carbons (Fsp3) is 0.529. The molecule has 2 aliphatic rings. The largest absolute Gasteiger partial charge is 0.340 e. The second-order valence-electron chi connectivity index (χ2n) is 6.22. The van der Waals surface area contributed by atoms with E-state index in [1.165, 1.54) is 0 Å². The molecule has 0 radical (unpaired) electrons. The molecule has 1 atom stereocenters. The molecule has 21 heavy (non-hydrogen) atoms. The first kappa shape index (κ1) is 14.1. The predicted octanol–water partition coefficient (Wildman–Crippen LogP) is 2.55. The Labute approximate surface area is 125 Å². The summed E-state index contributed by atoms with van der Waals surface area (Å²) in [6.07, 6.45) is 4.16. The van der Waals surface area contributed by atoms with E-state index in [-0.39, 0.29) is 11.8 Å². The van der Waals surface area contributed by atoms with Gasteiger partial charge in [-0.25, -0.2) is 0 Å². The van der Waals surface area contributed by atoms with Gasteiger partial charge in [-0.1, -0.05) is 31.9 Å². The summed E-state index contributed by atoms with van der Waals surface area (Å²) in [7, 11) is 0. The van der Waals surface area contributed by atoms with E-state index in [4.69, 9.17) is 0 Å². The van der Waals surface area contributed by atoms with E-state index < -0.39 is 11.6 Å². The average Bonchev–Trinajstić information content (AvgIpc) is 2.92. The molecule has 4 heteroatoms. The zero-order chi connectivity index (χ0) is 15.0. The molecule has 2 fully saturated rings. The highest BCUT2D eigenvalue weighted by Gasteiger charge is 2.52. The van der Waals surface area contributed by atoms with Crippen molar-refractivity contribution >= 4 is 17.5 Å². The van der Waals surface area contributed by atoms with Gasteiger partial charge in [-0.05, 0) is 43.9 Å². The molecule has 4 nitrogen and oxygen atoms in total. The zero-order valence-corrected chi connectivity index (χ0v) is 12.7. The number of aryl methyl sites for hydroxylation is 1. The molecule has 0 bridgehead atoms. The summed E-state index contributed by atoms with van der Waals surface area (Å²) in [5.41, 5.74) is 1.28. The smallest absolute Gasteiger partial charge is 0.253 e. The summed E-state index contributed by atoms with van der Waals surface area (Å²) in [5.74, 6) is 0.0533. The lowest BCUT2D eigenvalue weighted by molar-refractivity contribution is -0.138. The standard InChI is InChI=1S/C17H22N2O2/c1-3-14-15(20)18-17(9-4-5-10-17)16(21)19(14)13-8-6-7-12(2)11-13/h6-8,11,14H,3-5,9-10H2,1-2H3,(H,18,20). The van der Waals surface area contributed by atoms with Crippen LogP contribution in [0.5, 0.6) is 0 Å². The molecule has 1 spiro atoms. The van der Waals surface area contributed by atoms with E-state index in [0.717, 1.165) is 36.9 Å². The highest BCUT2D eigenvalue weighted by atomic mass is 16.2. The van der Waals surface area contributed by atoms with Crippen LogP contribution in [-0.4, -0.2) is 23.4 Å². The first-order valence-electron chi connectivity index (χ1n) is 7.80. The second-order valence-corrected chi connectivity index (χ2v) is 6.22. The second kappa shape index (κ2) is 5.17. The SMILES string of the molecule is CCC1C(=O)NC2(CCCC2)C(=O)N1c1cccc(C)c1. The summed E-state index contributed by atoms with van der Waals surface area (Å²) >= 11 is 0. The number of nitrogens with zero attached hydrogens (tertiary/aromatic N) is 1. The van der Waals surface area contributed by atoms with Gasteiger partial charge in [0.25, 0.3) is 5.91 Å². The van der Waals surface area contributed by atoms with Gasteiger partial charge in [0.15, 0.2) is 0 Å². The Kier molecular flexibility index (Phi) is 3.47. The van der Waals surface area contributed by atoms with Crippen LogP contribution in [0.25, 0.3) is 0 Å². The van der Waals surface area contributed by atoms with E-state index in [2.05, 4.69) is 5.32 Å². The number of rotatable bonds is 2. The first-order chi connectivity index (χ1) is 10.1. The lowest BCUT2D eigenvalue weighted by Crippen LogP contribution is -2.69. The third kappa shape index (κ3) is 2.23. The van der Waals surface area contributed by atoms with Gasteiger partial charge in [-0.3, -0.25) is 14.5 Å². The molecule has 112 valence electrons. The van der Waals surface area contributed by atoms with Crippen molar-refractivity contribution < 1.29 is 9.59 Å². The maximum absolute atomic E-state index is 13.1. The predicted molar refractivity (Wildman–Crippen MR) is 82.1 cm³/mol. The fourth-order valence-corrected chi connectivity index (χ4v) is 3.62. The Morgan fingerprint density at radius 1 is 1.29 bits per heavy atom. The van der Waals surface area contributed by atoms with Crippen molar-refractivity contribution in [2.75, 3.05) is 4.90 Å². The third-order valence-corrected chi connectivity index (χ3v) is 4.73. The van der Waals surface area contributed by atoms with Crippen molar-refractivity contribution in [1.29, 1.82) is 0 Å². The van der Waals surface area contributed by atoms with Crippen LogP contribution in [0.2, 0.25) is 0 Å². The van der Waals surface area contributed by atoms with Crippen LogP contribution in [0.1, 0.15) is 44.6 Å². The van der Waals surface area contributed by atoms with Crippen molar-refractivity contribution in [3.63, 3.8) is 0 Å². The molecule has 1 aliphatic heterocycles. The van der Waals surface area contributed by atoms with E-state index in [1.54, 1.807) is 4.90 Å². The molecule has 1 aliphatic carbocycles. The van der Waals surface area contributed by atoms with Crippen molar-refractivity contribution in [3.8, 4) is 0 Å². The Morgan fingerprint density at radius 2 is 2.00 bits per heavy atom. The van der Waals surface area contributed by atoms with E-state index in [9.17, 15) is 9.59 Å². The summed E-state index contributed by atoms with van der Waals surface area (Å²) in [6.45, 7) is 3.96. The number of carbonyl (C=O) groups is 2. The van der Waals surface area contributed by atoms with E-state index in [0.29, 0.717) is 6.42 Å². The molecule has 1 saturated heterocycles. The first-order valence-corrected chi connectivity index (χ1v) is 7.80. The number of anilines is 1. The summed E-state index contributed by atoms with van der Waals surface area (Å²) in [5, 5.41) is 3.03. The monoisotopic (exact) mass is 286 g/mol. The Balaban J connectivity index is 2.04. The number of nitrogens with one attached hydrogen (secondary N) is 1. The van der Waals surface area contributed by atoms with Gasteiger partial charge in [0, 0.05) is 5.69 Å². The molecule has 1 heterocycles. The van der Waals surface area contributed by atoms with Crippen LogP contribution in [0.4, 0.5) is 5.69 Å². The van der Waals surface area contributed by atoms with Crippen LogP contribution in [0.3, 0.4) is 0 Å². The summed E-state index contributed by atoms with van der Waals surface area (Å²) in [4.78, 5) is 27.3. The van der Waals surface area contributed by atoms with Crippen LogP contribution in [0.15, 0.2) is 24.3 Å². The van der Waals surface area contributed by atoms with E-state index in [1.807, 2.05) is 38.1 Å². The van der Waals surface area contributed by atoms with Gasteiger partial charge in [0.05, 0.1) is 0 Å². The van der Waals surface area contributed by atoms with Crippen molar-refractivity contribution in [3.05, 3.63) is 29.8 Å². The number of benzene rings is 1. The highest BCUT2D eigenvalue weighted by molar-refractivity contribution is 6.11. The van der Waals surface area contributed by atoms with Crippen molar-refractivity contribution in [1.82, 2.24) is 5.32 Å². The Bertz CT molecular complexity index is 576. The molecule has 1 aromatic carbocycles. The Morgan fingerprint density at radius 3 is 2.62 bits per heavy atom. The lowest BCUT2D eigenvalue weighted by atomic mass is 9.89. The molecular formula is C17H22N2O2. The number of amides is 2. The number of piperazine rings is 1. The van der Waals surface area contributed by atoms with Gasteiger partial charge in [0.1, 0.15) is 11.6 Å². The van der Waals surface area contributed by atoms with Crippen LogP contribution in [0, 0.1) is 6.92 Å². The third-order valence-electron chi connectivity index (χ3n) is 4.73. The molecule has 3 rings (SSSR count). The summed E-state index contributed by atoms with van der Waals surface area (Å²) in [6, 6.07) is 7.46. The molecule has 1 unspecified atom stereocenters. The maximum Gasteiger partial charge on any atom is 0.253 e. The fourth-order valence-electron chi connectivity index (χ4n) is 3.62. The van der Waals surface area contributed by atoms with Gasteiger partial charge in [0.2, 0.25) is 5.91 Å². The van der Waals surface area contributed by atoms with E-state index >= 15 is 0 Å². The molecule has 1 aromatic rings. The van der Waals surface area contributed by atoms with Gasteiger partial charge in [-0.15, -0.1) is 0 Å². The average molecular weight is 286 g/mol. The molecule has 2 amide bonds. The van der Waals surface area contributed by atoms with Crippen LogP contribution >= 0.6 is 0 Å². The molecular weight excluding hydrogens is 264 g/mol. The van der Waals surface area contributed by atoms with Crippen molar-refractivity contribution in [2.24, 2.45) is 0 Å². The molecule has 1 saturated carbocycles. The zero-order valence-electron chi connectivity index (χ0n) is 12.7. The topological polar surface area (TPSA) is 49.4 Å². The number of hydrogen-bond acceptors (Lipinski definition) is 2. The highest BCUT2D eigenvalue weighted by Crippen LogP contribution is 2.37. The minimum absolute atomic E-state index is 0.0134. The minimum atomic E-state index is -0.660. The lowest BCUT2D eigenvalue weighted by Gasteiger charge is -2.44.